The third-order valence-electron chi connectivity index (χ3n) is 2.92. The highest BCUT2D eigenvalue weighted by atomic mass is 16.3. The summed E-state index contributed by atoms with van der Waals surface area (Å²) in [6, 6.07) is -0.893. The number of carbonyl (C=O) groups excluding carboxylic acids is 2. The lowest BCUT2D eigenvalue weighted by Gasteiger charge is -2.16. The number of nitrogens with one attached hydrogen (secondary N) is 1. The maximum absolute atomic E-state index is 11.4. The summed E-state index contributed by atoms with van der Waals surface area (Å²) in [6.07, 6.45) is 2.18. The van der Waals surface area contributed by atoms with Crippen molar-refractivity contribution < 1.29 is 14.7 Å². The molecule has 0 aromatic carbocycles. The van der Waals surface area contributed by atoms with E-state index in [1.807, 2.05) is 0 Å². The van der Waals surface area contributed by atoms with Gasteiger partial charge >= 0.3 is 0 Å². The topological polar surface area (TPSA) is 118 Å². The Morgan fingerprint density at radius 1 is 1.44 bits per heavy atom. The first-order valence-corrected chi connectivity index (χ1v) is 5.50. The Morgan fingerprint density at radius 3 is 2.62 bits per heavy atom. The number of aliphatic hydroxyl groups excluding tert-OH is 1. The summed E-state index contributed by atoms with van der Waals surface area (Å²) < 4.78 is 0. The van der Waals surface area contributed by atoms with Crippen molar-refractivity contribution in [2.24, 2.45) is 17.4 Å². The van der Waals surface area contributed by atoms with Gasteiger partial charge in [-0.25, -0.2) is 0 Å². The van der Waals surface area contributed by atoms with E-state index in [4.69, 9.17) is 11.5 Å². The van der Waals surface area contributed by atoms with Crippen LogP contribution in [0.15, 0.2) is 0 Å². The second kappa shape index (κ2) is 5.81. The van der Waals surface area contributed by atoms with E-state index >= 15 is 0 Å². The quantitative estimate of drug-likeness (QED) is 0.457. The first-order chi connectivity index (χ1) is 7.50. The van der Waals surface area contributed by atoms with Gasteiger partial charge in [-0.1, -0.05) is 6.42 Å². The van der Waals surface area contributed by atoms with E-state index in [9.17, 15) is 14.7 Å². The molecular formula is C10H19N3O3. The Hall–Kier alpha value is -1.14. The van der Waals surface area contributed by atoms with Crippen molar-refractivity contribution in [2.45, 2.75) is 37.8 Å². The second-order valence-electron chi connectivity index (χ2n) is 4.28. The molecule has 0 aliphatic heterocycles. The molecule has 1 aliphatic rings. The maximum atomic E-state index is 11.4. The van der Waals surface area contributed by atoms with Crippen molar-refractivity contribution in [2.75, 3.05) is 6.54 Å². The van der Waals surface area contributed by atoms with Gasteiger partial charge in [0.05, 0.1) is 18.6 Å². The SMILES string of the molecule is NC(=O)CC(N)C(=O)NCC1CCCC1O. The molecule has 6 heteroatoms. The van der Waals surface area contributed by atoms with E-state index in [0.717, 1.165) is 19.3 Å². The van der Waals surface area contributed by atoms with E-state index in [1.165, 1.54) is 0 Å². The molecule has 0 radical (unpaired) electrons. The fourth-order valence-electron chi connectivity index (χ4n) is 1.93. The maximum Gasteiger partial charge on any atom is 0.237 e. The van der Waals surface area contributed by atoms with Gasteiger partial charge in [-0.05, 0) is 12.8 Å². The number of aliphatic hydroxyl groups is 1. The third-order valence-corrected chi connectivity index (χ3v) is 2.92. The van der Waals surface area contributed by atoms with E-state index in [1.54, 1.807) is 0 Å². The van der Waals surface area contributed by atoms with Crippen LogP contribution in [0.3, 0.4) is 0 Å². The molecule has 16 heavy (non-hydrogen) atoms. The standard InChI is InChI=1S/C10H19N3O3/c11-7(4-9(12)15)10(16)13-5-6-2-1-3-8(6)14/h6-8,14H,1-5,11H2,(H2,12,15)(H,13,16). The van der Waals surface area contributed by atoms with Crippen molar-refractivity contribution in [3.8, 4) is 0 Å². The van der Waals surface area contributed by atoms with E-state index in [2.05, 4.69) is 5.32 Å². The predicted octanol–water partition coefficient (Wildman–Crippen LogP) is -1.53. The van der Waals surface area contributed by atoms with Crippen LogP contribution in [0.2, 0.25) is 0 Å². The Bertz CT molecular complexity index is 270. The van der Waals surface area contributed by atoms with Crippen LogP contribution in [0.1, 0.15) is 25.7 Å². The number of carbonyl (C=O) groups is 2. The highest BCUT2D eigenvalue weighted by molar-refractivity contribution is 5.87. The fourth-order valence-corrected chi connectivity index (χ4v) is 1.93. The molecule has 1 aliphatic carbocycles. The Labute approximate surface area is 94.4 Å². The van der Waals surface area contributed by atoms with Crippen LogP contribution in [0.5, 0.6) is 0 Å². The van der Waals surface area contributed by atoms with Gasteiger partial charge in [0.25, 0.3) is 0 Å². The number of rotatable bonds is 5. The van der Waals surface area contributed by atoms with Gasteiger partial charge in [-0.2, -0.15) is 0 Å². The molecule has 0 bridgehead atoms. The van der Waals surface area contributed by atoms with Crippen LogP contribution >= 0.6 is 0 Å². The molecule has 6 nitrogen and oxygen atoms in total. The molecule has 92 valence electrons. The summed E-state index contributed by atoms with van der Waals surface area (Å²) in [5, 5.41) is 12.2. The highest BCUT2D eigenvalue weighted by Crippen LogP contribution is 2.24. The largest absolute Gasteiger partial charge is 0.393 e. The van der Waals surface area contributed by atoms with Crippen molar-refractivity contribution in [1.82, 2.24) is 5.32 Å². The molecule has 0 spiro atoms. The average Bonchev–Trinajstić information content (AvgIpc) is 2.59. The molecule has 3 unspecified atom stereocenters. The minimum atomic E-state index is -0.893. The Balaban J connectivity index is 2.26. The third kappa shape index (κ3) is 3.79. The number of hydrogen-bond donors (Lipinski definition) is 4. The van der Waals surface area contributed by atoms with Gasteiger partial charge in [0.1, 0.15) is 0 Å². The molecule has 0 heterocycles. The molecular weight excluding hydrogens is 210 g/mol. The second-order valence-corrected chi connectivity index (χ2v) is 4.28. The van der Waals surface area contributed by atoms with Crippen LogP contribution in [0.25, 0.3) is 0 Å². The minimum absolute atomic E-state index is 0.102. The lowest BCUT2D eigenvalue weighted by molar-refractivity contribution is -0.126. The normalized spacial score (nSPS) is 26.4. The summed E-state index contributed by atoms with van der Waals surface area (Å²) in [7, 11) is 0. The zero-order chi connectivity index (χ0) is 12.1. The molecule has 1 fully saturated rings. The average molecular weight is 229 g/mol. The molecule has 6 N–H and O–H groups in total. The van der Waals surface area contributed by atoms with Gasteiger partial charge in [-0.15, -0.1) is 0 Å². The summed E-state index contributed by atoms with van der Waals surface area (Å²) in [4.78, 5) is 22.0. The van der Waals surface area contributed by atoms with Gasteiger partial charge in [0.2, 0.25) is 11.8 Å². The van der Waals surface area contributed by atoms with Crippen LogP contribution < -0.4 is 16.8 Å². The summed E-state index contributed by atoms with van der Waals surface area (Å²) in [6.45, 7) is 0.409. The van der Waals surface area contributed by atoms with E-state index in [0.29, 0.717) is 6.54 Å². The Kier molecular flexibility index (Phi) is 4.70. The van der Waals surface area contributed by atoms with Gasteiger partial charge in [0.15, 0.2) is 0 Å². The highest BCUT2D eigenvalue weighted by Gasteiger charge is 2.26. The molecule has 3 atom stereocenters. The van der Waals surface area contributed by atoms with Crippen LogP contribution in [-0.2, 0) is 9.59 Å². The zero-order valence-electron chi connectivity index (χ0n) is 9.19. The van der Waals surface area contributed by atoms with Crippen LogP contribution in [0, 0.1) is 5.92 Å². The van der Waals surface area contributed by atoms with Gasteiger partial charge < -0.3 is 21.9 Å². The summed E-state index contributed by atoms with van der Waals surface area (Å²) in [5.74, 6) is -0.883. The number of primary amides is 1. The van der Waals surface area contributed by atoms with Gasteiger partial charge in [-0.3, -0.25) is 9.59 Å². The minimum Gasteiger partial charge on any atom is -0.393 e. The summed E-state index contributed by atoms with van der Waals surface area (Å²) >= 11 is 0. The monoisotopic (exact) mass is 229 g/mol. The van der Waals surface area contributed by atoms with Gasteiger partial charge in [0, 0.05) is 12.5 Å². The molecule has 0 aromatic heterocycles. The Morgan fingerprint density at radius 2 is 2.12 bits per heavy atom. The lowest BCUT2D eigenvalue weighted by Crippen LogP contribution is -2.45. The molecule has 0 aromatic rings. The van der Waals surface area contributed by atoms with Crippen molar-refractivity contribution in [1.29, 1.82) is 0 Å². The smallest absolute Gasteiger partial charge is 0.237 e. The van der Waals surface area contributed by atoms with Crippen LogP contribution in [0.4, 0.5) is 0 Å². The first kappa shape index (κ1) is 12.9. The van der Waals surface area contributed by atoms with Crippen molar-refractivity contribution >= 4 is 11.8 Å². The number of hydrogen-bond acceptors (Lipinski definition) is 4. The molecule has 1 saturated carbocycles. The number of amides is 2. The van der Waals surface area contributed by atoms with E-state index < -0.39 is 17.9 Å². The van der Waals surface area contributed by atoms with Crippen LogP contribution in [-0.4, -0.2) is 35.6 Å². The van der Waals surface area contributed by atoms with Crippen molar-refractivity contribution in [3.05, 3.63) is 0 Å². The molecule has 2 amide bonds. The first-order valence-electron chi connectivity index (χ1n) is 5.50. The molecule has 0 saturated heterocycles. The lowest BCUT2D eigenvalue weighted by atomic mass is 10.1. The van der Waals surface area contributed by atoms with Crippen molar-refractivity contribution in [3.63, 3.8) is 0 Å². The molecule has 1 rings (SSSR count). The zero-order valence-corrected chi connectivity index (χ0v) is 9.19. The predicted molar refractivity (Wildman–Crippen MR) is 58.1 cm³/mol. The fraction of sp³-hybridized carbons (Fsp3) is 0.800. The van der Waals surface area contributed by atoms with E-state index in [-0.39, 0.29) is 18.4 Å². The summed E-state index contributed by atoms with van der Waals surface area (Å²) in [5.41, 5.74) is 10.4. The number of nitrogens with two attached hydrogens (primary N) is 2.